The van der Waals surface area contributed by atoms with E-state index in [0.717, 1.165) is 11.3 Å². The molecule has 4 heteroatoms. The summed E-state index contributed by atoms with van der Waals surface area (Å²) in [6.07, 6.45) is 1.74. The summed E-state index contributed by atoms with van der Waals surface area (Å²) < 4.78 is 5.33. The molecule has 0 saturated carbocycles. The highest BCUT2D eigenvalue weighted by atomic mass is 35.5. The third-order valence-corrected chi connectivity index (χ3v) is 2.06. The second-order valence-electron chi connectivity index (χ2n) is 3.34. The van der Waals surface area contributed by atoms with E-state index in [9.17, 15) is 0 Å². The van der Waals surface area contributed by atoms with Gasteiger partial charge in [0.05, 0.1) is 12.3 Å². The van der Waals surface area contributed by atoms with Crippen molar-refractivity contribution in [2.24, 2.45) is 0 Å². The lowest BCUT2D eigenvalue weighted by Crippen LogP contribution is -2.04. The van der Waals surface area contributed by atoms with E-state index in [1.807, 2.05) is 20.8 Å². The molecule has 0 amide bonds. The van der Waals surface area contributed by atoms with Gasteiger partial charge in [-0.1, -0.05) is 27.7 Å². The van der Waals surface area contributed by atoms with Gasteiger partial charge in [0.15, 0.2) is 0 Å². The van der Waals surface area contributed by atoms with Crippen molar-refractivity contribution in [1.82, 2.24) is 9.97 Å². The fourth-order valence-corrected chi connectivity index (χ4v) is 1.36. The molecule has 1 aromatic heterocycles. The third kappa shape index (κ3) is 4.90. The second kappa shape index (κ2) is 8.48. The zero-order chi connectivity index (χ0) is 12.6. The van der Waals surface area contributed by atoms with Crippen LogP contribution in [0.2, 0.25) is 5.28 Å². The van der Waals surface area contributed by atoms with Crippen LogP contribution >= 0.6 is 11.6 Å². The van der Waals surface area contributed by atoms with E-state index in [4.69, 9.17) is 16.3 Å². The lowest BCUT2D eigenvalue weighted by atomic mass is 10.1. The molecule has 0 fully saturated rings. The Kier molecular flexibility index (Phi) is 8.12. The van der Waals surface area contributed by atoms with Crippen molar-refractivity contribution in [3.8, 4) is 0 Å². The summed E-state index contributed by atoms with van der Waals surface area (Å²) in [4.78, 5) is 8.15. The van der Waals surface area contributed by atoms with Gasteiger partial charge < -0.3 is 4.74 Å². The van der Waals surface area contributed by atoms with E-state index < -0.39 is 0 Å². The summed E-state index contributed by atoms with van der Waals surface area (Å²) in [6, 6.07) is 0. The van der Waals surface area contributed by atoms with Gasteiger partial charge in [-0.15, -0.1) is 0 Å². The molecule has 0 aliphatic rings. The highest BCUT2D eigenvalue weighted by Crippen LogP contribution is 2.18. The molecule has 0 aromatic carbocycles. The smallest absolute Gasteiger partial charge is 0.222 e. The van der Waals surface area contributed by atoms with E-state index >= 15 is 0 Å². The Bertz CT molecular complexity index is 303. The quantitative estimate of drug-likeness (QED) is 0.756. The van der Waals surface area contributed by atoms with Gasteiger partial charge in [-0.2, -0.15) is 0 Å². The lowest BCUT2D eigenvalue weighted by molar-refractivity contribution is 0.132. The predicted molar refractivity (Wildman–Crippen MR) is 67.8 cm³/mol. The largest absolute Gasteiger partial charge is 0.377 e. The molecule has 0 radical (unpaired) electrons. The van der Waals surface area contributed by atoms with Gasteiger partial charge >= 0.3 is 0 Å². The minimum Gasteiger partial charge on any atom is -0.377 e. The van der Waals surface area contributed by atoms with Crippen LogP contribution < -0.4 is 0 Å². The molecule has 0 N–H and O–H groups in total. The Morgan fingerprint density at radius 2 is 2.00 bits per heavy atom. The normalized spacial score (nSPS) is 9.94. The van der Waals surface area contributed by atoms with Crippen molar-refractivity contribution in [3.63, 3.8) is 0 Å². The Morgan fingerprint density at radius 3 is 2.50 bits per heavy atom. The van der Waals surface area contributed by atoms with Crippen molar-refractivity contribution < 1.29 is 4.74 Å². The van der Waals surface area contributed by atoms with E-state index in [-0.39, 0.29) is 0 Å². The molecule has 1 aromatic rings. The Labute approximate surface area is 103 Å². The summed E-state index contributed by atoms with van der Waals surface area (Å²) in [5, 5.41) is 0.300. The first-order chi connectivity index (χ1) is 7.65. The van der Waals surface area contributed by atoms with E-state index in [1.165, 1.54) is 0 Å². The molecule has 92 valence electrons. The molecule has 0 spiro atoms. The van der Waals surface area contributed by atoms with E-state index in [2.05, 4.69) is 23.8 Å². The van der Waals surface area contributed by atoms with Gasteiger partial charge in [0.25, 0.3) is 0 Å². The SMILES string of the molecule is CC.CCOCc1cnc(Cl)nc1C(C)C. The van der Waals surface area contributed by atoms with Crippen LogP contribution in [0.25, 0.3) is 0 Å². The molecule has 0 aliphatic carbocycles. The average Bonchev–Trinajstić information content (AvgIpc) is 2.30. The van der Waals surface area contributed by atoms with Crippen LogP contribution in [0.5, 0.6) is 0 Å². The Hall–Kier alpha value is -0.670. The third-order valence-electron chi connectivity index (χ3n) is 1.88. The molecule has 3 nitrogen and oxygen atoms in total. The van der Waals surface area contributed by atoms with Crippen LogP contribution in [0.1, 0.15) is 51.8 Å². The van der Waals surface area contributed by atoms with Gasteiger partial charge in [0.1, 0.15) is 0 Å². The molecule has 0 atom stereocenters. The summed E-state index contributed by atoms with van der Waals surface area (Å²) >= 11 is 5.73. The summed E-state index contributed by atoms with van der Waals surface area (Å²) in [7, 11) is 0. The standard InChI is InChI=1S/C10H15ClN2O.C2H6/c1-4-14-6-8-5-12-10(11)13-9(8)7(2)3;1-2/h5,7H,4,6H2,1-3H3;1-2H3. The van der Waals surface area contributed by atoms with Gasteiger partial charge in [-0.25, -0.2) is 9.97 Å². The molecule has 1 rings (SSSR count). The predicted octanol–water partition coefficient (Wildman–Crippen LogP) is 3.82. The Balaban J connectivity index is 0.00000106. The number of hydrogen-bond donors (Lipinski definition) is 0. The first-order valence-electron chi connectivity index (χ1n) is 5.74. The maximum atomic E-state index is 5.73. The molecular weight excluding hydrogens is 224 g/mol. The van der Waals surface area contributed by atoms with Crippen molar-refractivity contribution in [2.45, 2.75) is 47.1 Å². The van der Waals surface area contributed by atoms with E-state index in [1.54, 1.807) is 6.20 Å². The number of rotatable bonds is 4. The van der Waals surface area contributed by atoms with E-state index in [0.29, 0.717) is 24.4 Å². The molecular formula is C12H21ClN2O. The van der Waals surface area contributed by atoms with Crippen LogP contribution in [-0.2, 0) is 11.3 Å². The molecule has 1 heterocycles. The molecule has 0 unspecified atom stereocenters. The van der Waals surface area contributed by atoms with Crippen LogP contribution in [0.3, 0.4) is 0 Å². The molecule has 0 saturated heterocycles. The van der Waals surface area contributed by atoms with Crippen molar-refractivity contribution in [1.29, 1.82) is 0 Å². The fourth-order valence-electron chi connectivity index (χ4n) is 1.22. The molecule has 0 aliphatic heterocycles. The first-order valence-corrected chi connectivity index (χ1v) is 6.12. The number of hydrogen-bond acceptors (Lipinski definition) is 3. The minimum absolute atomic E-state index is 0.300. The van der Waals surface area contributed by atoms with Crippen molar-refractivity contribution in [3.05, 3.63) is 22.7 Å². The highest BCUT2D eigenvalue weighted by Gasteiger charge is 2.09. The van der Waals surface area contributed by atoms with Crippen LogP contribution in [-0.4, -0.2) is 16.6 Å². The fraction of sp³-hybridized carbons (Fsp3) is 0.667. The van der Waals surface area contributed by atoms with Gasteiger partial charge in [0.2, 0.25) is 5.28 Å². The minimum atomic E-state index is 0.300. The lowest BCUT2D eigenvalue weighted by Gasteiger charge is -2.10. The maximum Gasteiger partial charge on any atom is 0.222 e. The van der Waals surface area contributed by atoms with Gasteiger partial charge in [0, 0.05) is 18.4 Å². The highest BCUT2D eigenvalue weighted by molar-refractivity contribution is 6.28. The van der Waals surface area contributed by atoms with Gasteiger partial charge in [-0.3, -0.25) is 0 Å². The van der Waals surface area contributed by atoms with Gasteiger partial charge in [-0.05, 0) is 24.4 Å². The number of ether oxygens (including phenoxy) is 1. The Morgan fingerprint density at radius 1 is 1.38 bits per heavy atom. The van der Waals surface area contributed by atoms with Crippen LogP contribution in [0, 0.1) is 0 Å². The second-order valence-corrected chi connectivity index (χ2v) is 3.68. The maximum absolute atomic E-state index is 5.73. The molecule has 16 heavy (non-hydrogen) atoms. The van der Waals surface area contributed by atoms with Crippen molar-refractivity contribution in [2.75, 3.05) is 6.61 Å². The zero-order valence-electron chi connectivity index (χ0n) is 10.7. The molecule has 0 bridgehead atoms. The first kappa shape index (κ1) is 15.3. The topological polar surface area (TPSA) is 35.0 Å². The summed E-state index contributed by atoms with van der Waals surface area (Å²) in [6.45, 7) is 11.4. The summed E-state index contributed by atoms with van der Waals surface area (Å²) in [5.41, 5.74) is 1.99. The number of nitrogens with zero attached hydrogens (tertiary/aromatic N) is 2. The average molecular weight is 245 g/mol. The van der Waals surface area contributed by atoms with Crippen molar-refractivity contribution >= 4 is 11.6 Å². The number of aromatic nitrogens is 2. The van der Waals surface area contributed by atoms with Crippen LogP contribution in [0.4, 0.5) is 0 Å². The monoisotopic (exact) mass is 244 g/mol. The van der Waals surface area contributed by atoms with Crippen LogP contribution in [0.15, 0.2) is 6.20 Å². The number of halogens is 1. The zero-order valence-corrected chi connectivity index (χ0v) is 11.5. The summed E-state index contributed by atoms with van der Waals surface area (Å²) in [5.74, 6) is 0.339.